The minimum absolute atomic E-state index is 0.255. The largest absolute Gasteiger partial charge is 0.481 e. The van der Waals surface area contributed by atoms with Gasteiger partial charge in [-0.2, -0.15) is 0 Å². The molecular weight excluding hydrogens is 335 g/mol. The van der Waals surface area contributed by atoms with E-state index in [-0.39, 0.29) is 12.4 Å². The Bertz CT molecular complexity index is 657. The van der Waals surface area contributed by atoms with Gasteiger partial charge in [0.15, 0.2) is 12.4 Å². The van der Waals surface area contributed by atoms with Crippen molar-refractivity contribution in [1.82, 2.24) is 0 Å². The number of rotatable bonds is 4. The molecule has 0 aliphatic carbocycles. The van der Waals surface area contributed by atoms with Crippen molar-refractivity contribution in [1.29, 1.82) is 0 Å². The standard InChI is InChI=1S/C14H11Cl3N2O2/c15-8-4-5-11(18)12(6-8)19-13(20)7-21-14-9(16)2-1-3-10(14)17/h1-6H,7,18H2,(H,19,20). The maximum absolute atomic E-state index is 11.9. The summed E-state index contributed by atoms with van der Waals surface area (Å²) in [4.78, 5) is 11.9. The highest BCUT2D eigenvalue weighted by Crippen LogP contribution is 2.32. The van der Waals surface area contributed by atoms with Crippen LogP contribution in [0.3, 0.4) is 0 Å². The fourth-order valence-electron chi connectivity index (χ4n) is 1.58. The molecule has 1 amide bonds. The number of hydrogen-bond acceptors (Lipinski definition) is 3. The Balaban J connectivity index is 2.01. The molecular formula is C14H11Cl3N2O2. The van der Waals surface area contributed by atoms with Gasteiger partial charge in [-0.05, 0) is 30.3 Å². The smallest absolute Gasteiger partial charge is 0.262 e. The zero-order valence-corrected chi connectivity index (χ0v) is 13.0. The molecule has 0 heterocycles. The molecule has 110 valence electrons. The molecule has 7 heteroatoms. The highest BCUT2D eigenvalue weighted by molar-refractivity contribution is 6.37. The zero-order chi connectivity index (χ0) is 15.4. The van der Waals surface area contributed by atoms with Gasteiger partial charge in [0.2, 0.25) is 0 Å². The molecule has 0 aliphatic heterocycles. The predicted molar refractivity (Wildman–Crippen MR) is 86.5 cm³/mol. The van der Waals surface area contributed by atoms with Crippen LogP contribution in [-0.2, 0) is 4.79 Å². The second kappa shape index (κ2) is 6.89. The molecule has 21 heavy (non-hydrogen) atoms. The molecule has 0 atom stereocenters. The summed E-state index contributed by atoms with van der Waals surface area (Å²) >= 11 is 17.7. The lowest BCUT2D eigenvalue weighted by molar-refractivity contribution is -0.118. The first kappa shape index (κ1) is 15.8. The molecule has 2 aromatic rings. The summed E-state index contributed by atoms with van der Waals surface area (Å²) in [5.41, 5.74) is 6.56. The molecule has 0 spiro atoms. The third kappa shape index (κ3) is 4.17. The number of nitrogens with one attached hydrogen (secondary N) is 1. The van der Waals surface area contributed by atoms with Crippen molar-refractivity contribution in [2.75, 3.05) is 17.7 Å². The molecule has 3 N–H and O–H groups in total. The molecule has 0 saturated heterocycles. The van der Waals surface area contributed by atoms with Gasteiger partial charge in [-0.15, -0.1) is 0 Å². The fourth-order valence-corrected chi connectivity index (χ4v) is 2.26. The van der Waals surface area contributed by atoms with Crippen LogP contribution in [0.25, 0.3) is 0 Å². The first-order chi connectivity index (χ1) is 9.97. The van der Waals surface area contributed by atoms with Crippen molar-refractivity contribution in [3.8, 4) is 5.75 Å². The number of carbonyl (C=O) groups is 1. The number of benzene rings is 2. The van der Waals surface area contributed by atoms with E-state index in [1.807, 2.05) is 0 Å². The molecule has 0 aromatic heterocycles. The van der Waals surface area contributed by atoms with Gasteiger partial charge in [-0.3, -0.25) is 4.79 Å². The Labute approximate surface area is 136 Å². The van der Waals surface area contributed by atoms with Crippen LogP contribution in [0.5, 0.6) is 5.75 Å². The summed E-state index contributed by atoms with van der Waals surface area (Å²) in [6.45, 7) is -0.255. The van der Waals surface area contributed by atoms with Gasteiger partial charge < -0.3 is 15.8 Å². The summed E-state index contributed by atoms with van der Waals surface area (Å²) in [5, 5.41) is 3.73. The van der Waals surface area contributed by atoms with E-state index in [0.717, 1.165) is 0 Å². The second-order valence-electron chi connectivity index (χ2n) is 4.12. The summed E-state index contributed by atoms with van der Waals surface area (Å²) in [6.07, 6.45) is 0. The number of nitrogens with two attached hydrogens (primary N) is 1. The number of hydrogen-bond donors (Lipinski definition) is 2. The van der Waals surface area contributed by atoms with Crippen LogP contribution in [0.15, 0.2) is 36.4 Å². The van der Waals surface area contributed by atoms with Crippen molar-refractivity contribution in [3.63, 3.8) is 0 Å². The highest BCUT2D eigenvalue weighted by atomic mass is 35.5. The third-order valence-electron chi connectivity index (χ3n) is 2.56. The molecule has 2 aromatic carbocycles. The van der Waals surface area contributed by atoms with Gasteiger partial charge in [0.05, 0.1) is 21.4 Å². The normalized spacial score (nSPS) is 10.2. The number of halogens is 3. The van der Waals surface area contributed by atoms with Crippen molar-refractivity contribution in [2.45, 2.75) is 0 Å². The maximum atomic E-state index is 11.9. The quantitative estimate of drug-likeness (QED) is 0.814. The first-order valence-electron chi connectivity index (χ1n) is 5.89. The molecule has 4 nitrogen and oxygen atoms in total. The summed E-state index contributed by atoms with van der Waals surface area (Å²) in [5.74, 6) is -0.144. The maximum Gasteiger partial charge on any atom is 0.262 e. The van der Waals surface area contributed by atoms with Crippen molar-refractivity contribution in [3.05, 3.63) is 51.5 Å². The zero-order valence-electron chi connectivity index (χ0n) is 10.7. The Kier molecular flexibility index (Phi) is 5.17. The van der Waals surface area contributed by atoms with Crippen LogP contribution in [-0.4, -0.2) is 12.5 Å². The molecule has 0 unspecified atom stereocenters. The van der Waals surface area contributed by atoms with E-state index in [9.17, 15) is 4.79 Å². The van der Waals surface area contributed by atoms with E-state index in [2.05, 4.69) is 5.32 Å². The molecule has 0 aliphatic rings. The molecule has 2 rings (SSSR count). The van der Waals surface area contributed by atoms with Gasteiger partial charge in [0.1, 0.15) is 0 Å². The Morgan fingerprint density at radius 1 is 1.14 bits per heavy atom. The van der Waals surface area contributed by atoms with Crippen LogP contribution < -0.4 is 15.8 Å². The first-order valence-corrected chi connectivity index (χ1v) is 7.02. The number of carbonyl (C=O) groups excluding carboxylic acids is 1. The van der Waals surface area contributed by atoms with Crippen molar-refractivity contribution < 1.29 is 9.53 Å². The lowest BCUT2D eigenvalue weighted by Crippen LogP contribution is -2.21. The van der Waals surface area contributed by atoms with Crippen molar-refractivity contribution in [2.24, 2.45) is 0 Å². The van der Waals surface area contributed by atoms with E-state index in [4.69, 9.17) is 45.3 Å². The van der Waals surface area contributed by atoms with E-state index >= 15 is 0 Å². The van der Waals surface area contributed by atoms with Crippen LogP contribution in [0.4, 0.5) is 11.4 Å². The third-order valence-corrected chi connectivity index (χ3v) is 3.39. The molecule has 0 saturated carbocycles. The Morgan fingerprint density at radius 3 is 2.48 bits per heavy atom. The topological polar surface area (TPSA) is 64.3 Å². The van der Waals surface area contributed by atoms with Crippen LogP contribution in [0.2, 0.25) is 15.1 Å². The van der Waals surface area contributed by atoms with Gasteiger partial charge in [-0.25, -0.2) is 0 Å². The van der Waals surface area contributed by atoms with Gasteiger partial charge >= 0.3 is 0 Å². The molecule has 0 fully saturated rings. The Hall–Kier alpha value is -1.62. The van der Waals surface area contributed by atoms with E-state index in [0.29, 0.717) is 26.4 Å². The van der Waals surface area contributed by atoms with Gasteiger partial charge in [0.25, 0.3) is 5.91 Å². The SMILES string of the molecule is Nc1ccc(Cl)cc1NC(=O)COc1c(Cl)cccc1Cl. The van der Waals surface area contributed by atoms with Crippen LogP contribution >= 0.6 is 34.8 Å². The Morgan fingerprint density at radius 2 is 1.81 bits per heavy atom. The number of ether oxygens (including phenoxy) is 1. The monoisotopic (exact) mass is 344 g/mol. The van der Waals surface area contributed by atoms with E-state index in [1.165, 1.54) is 0 Å². The minimum atomic E-state index is -0.403. The van der Waals surface area contributed by atoms with Crippen LogP contribution in [0.1, 0.15) is 0 Å². The van der Waals surface area contributed by atoms with Gasteiger partial charge in [-0.1, -0.05) is 40.9 Å². The van der Waals surface area contributed by atoms with E-state index < -0.39 is 5.91 Å². The molecule has 0 bridgehead atoms. The average Bonchev–Trinajstić information content (AvgIpc) is 2.42. The highest BCUT2D eigenvalue weighted by Gasteiger charge is 2.11. The van der Waals surface area contributed by atoms with E-state index in [1.54, 1.807) is 36.4 Å². The number of nitrogen functional groups attached to an aromatic ring is 1. The lowest BCUT2D eigenvalue weighted by atomic mass is 10.2. The number of amides is 1. The average molecular weight is 346 g/mol. The van der Waals surface area contributed by atoms with Crippen molar-refractivity contribution >= 4 is 52.1 Å². The summed E-state index contributed by atoms with van der Waals surface area (Å²) in [6, 6.07) is 9.71. The number of anilines is 2. The second-order valence-corrected chi connectivity index (χ2v) is 5.37. The van der Waals surface area contributed by atoms with Gasteiger partial charge in [0, 0.05) is 5.02 Å². The predicted octanol–water partition coefficient (Wildman–Crippen LogP) is 4.25. The molecule has 0 radical (unpaired) electrons. The lowest BCUT2D eigenvalue weighted by Gasteiger charge is -2.11. The summed E-state index contributed by atoms with van der Waals surface area (Å²) < 4.78 is 5.32. The minimum Gasteiger partial charge on any atom is -0.481 e. The van der Waals surface area contributed by atoms with Crippen LogP contribution in [0, 0.1) is 0 Å². The summed E-state index contributed by atoms with van der Waals surface area (Å²) in [7, 11) is 0. The number of para-hydroxylation sites is 1. The fraction of sp³-hybridized carbons (Fsp3) is 0.0714.